The summed E-state index contributed by atoms with van der Waals surface area (Å²) in [6, 6.07) is 7.49. The predicted octanol–water partition coefficient (Wildman–Crippen LogP) is 2.17. The molecule has 2 aromatic rings. The number of hydrogen-bond acceptors (Lipinski definition) is 3. The minimum atomic E-state index is -0.194. The van der Waals surface area contributed by atoms with Crippen molar-refractivity contribution in [3.8, 4) is 0 Å². The largest absolute Gasteiger partial charge is 0.312 e. The van der Waals surface area contributed by atoms with E-state index in [9.17, 15) is 4.39 Å². The Hall–Kier alpha value is -1.52. The van der Waals surface area contributed by atoms with Crippen LogP contribution in [0.3, 0.4) is 0 Å². The van der Waals surface area contributed by atoms with Gasteiger partial charge >= 0.3 is 0 Å². The van der Waals surface area contributed by atoms with E-state index in [1.54, 1.807) is 24.4 Å². The fraction of sp³-hybridized carbons (Fsp3) is 0.400. The van der Waals surface area contributed by atoms with Gasteiger partial charge in [-0.15, -0.1) is 0 Å². The zero-order valence-corrected chi connectivity index (χ0v) is 11.1. The molecule has 100 valence electrons. The molecule has 1 atom stereocenters. The molecule has 0 unspecified atom stereocenters. The molecule has 19 heavy (non-hydrogen) atoms. The number of pyridine rings is 1. The van der Waals surface area contributed by atoms with Gasteiger partial charge in [-0.2, -0.15) is 0 Å². The van der Waals surface area contributed by atoms with E-state index in [-0.39, 0.29) is 5.82 Å². The summed E-state index contributed by atoms with van der Waals surface area (Å²) in [6.07, 6.45) is 1.73. The van der Waals surface area contributed by atoms with Crippen molar-refractivity contribution in [1.82, 2.24) is 15.2 Å². The molecule has 0 aliphatic carbocycles. The van der Waals surface area contributed by atoms with E-state index in [0.29, 0.717) is 11.4 Å². The van der Waals surface area contributed by atoms with Crippen molar-refractivity contribution >= 4 is 10.9 Å². The highest BCUT2D eigenvalue weighted by Gasteiger charge is 2.17. The van der Waals surface area contributed by atoms with Crippen LogP contribution in [0.4, 0.5) is 4.39 Å². The quantitative estimate of drug-likeness (QED) is 0.896. The molecule has 0 radical (unpaired) electrons. The Morgan fingerprint density at radius 3 is 3.16 bits per heavy atom. The first kappa shape index (κ1) is 12.5. The molecule has 1 aromatic carbocycles. The minimum Gasteiger partial charge on any atom is -0.312 e. The summed E-state index contributed by atoms with van der Waals surface area (Å²) in [4.78, 5) is 6.74. The molecule has 4 heteroatoms. The fourth-order valence-electron chi connectivity index (χ4n) is 2.72. The highest BCUT2D eigenvalue weighted by molar-refractivity contribution is 5.82. The predicted molar refractivity (Wildman–Crippen MR) is 74.4 cm³/mol. The molecule has 0 spiro atoms. The summed E-state index contributed by atoms with van der Waals surface area (Å²) in [6.45, 7) is 6.07. The van der Waals surface area contributed by atoms with E-state index in [0.717, 1.165) is 37.3 Å². The maximum atomic E-state index is 13.7. The molecule has 1 aliphatic heterocycles. The van der Waals surface area contributed by atoms with E-state index in [1.807, 2.05) is 6.07 Å². The highest BCUT2D eigenvalue weighted by Crippen LogP contribution is 2.21. The van der Waals surface area contributed by atoms with E-state index in [4.69, 9.17) is 0 Å². The van der Waals surface area contributed by atoms with Crippen molar-refractivity contribution in [2.24, 2.45) is 0 Å². The van der Waals surface area contributed by atoms with Crippen LogP contribution < -0.4 is 5.32 Å². The van der Waals surface area contributed by atoms with Gasteiger partial charge in [-0.05, 0) is 30.7 Å². The molecule has 1 fully saturated rings. The number of rotatable bonds is 2. The van der Waals surface area contributed by atoms with Gasteiger partial charge in [0, 0.05) is 43.8 Å². The standard InChI is InChI=1S/C15H18FN3/c1-11-9-19(8-7-17-11)10-12-4-5-14(16)13-3-2-6-18-15(12)13/h2-6,11,17H,7-10H2,1H3/t11-/m0/s1. The average Bonchev–Trinajstić information content (AvgIpc) is 2.42. The Balaban J connectivity index is 1.90. The SMILES string of the molecule is C[C@H]1CN(Cc2ccc(F)c3cccnc23)CCN1. The lowest BCUT2D eigenvalue weighted by Crippen LogP contribution is -2.48. The number of benzene rings is 1. The molecular formula is C15H18FN3. The lowest BCUT2D eigenvalue weighted by Gasteiger charge is -2.31. The summed E-state index contributed by atoms with van der Waals surface area (Å²) in [5.41, 5.74) is 1.89. The summed E-state index contributed by atoms with van der Waals surface area (Å²) in [7, 11) is 0. The number of piperazine rings is 1. The molecular weight excluding hydrogens is 241 g/mol. The summed E-state index contributed by atoms with van der Waals surface area (Å²) >= 11 is 0. The van der Waals surface area contributed by atoms with E-state index >= 15 is 0 Å². The highest BCUT2D eigenvalue weighted by atomic mass is 19.1. The maximum absolute atomic E-state index is 13.7. The van der Waals surface area contributed by atoms with Crippen LogP contribution in [0, 0.1) is 5.82 Å². The van der Waals surface area contributed by atoms with Crippen molar-refractivity contribution in [1.29, 1.82) is 0 Å². The van der Waals surface area contributed by atoms with Crippen LogP contribution in [0.25, 0.3) is 10.9 Å². The van der Waals surface area contributed by atoms with Crippen LogP contribution >= 0.6 is 0 Å². The molecule has 1 N–H and O–H groups in total. The Bertz CT molecular complexity index is 585. The van der Waals surface area contributed by atoms with Gasteiger partial charge in [-0.25, -0.2) is 4.39 Å². The second-order valence-electron chi connectivity index (χ2n) is 5.20. The molecule has 3 rings (SSSR count). The molecule has 1 aliphatic rings. The van der Waals surface area contributed by atoms with Gasteiger partial charge in [-0.1, -0.05) is 6.07 Å². The molecule has 0 bridgehead atoms. The number of halogens is 1. The zero-order valence-electron chi connectivity index (χ0n) is 11.1. The number of hydrogen-bond donors (Lipinski definition) is 1. The Morgan fingerprint density at radius 1 is 1.42 bits per heavy atom. The van der Waals surface area contributed by atoms with E-state index in [1.165, 1.54) is 0 Å². The maximum Gasteiger partial charge on any atom is 0.132 e. The van der Waals surface area contributed by atoms with Crippen LogP contribution in [-0.4, -0.2) is 35.6 Å². The van der Waals surface area contributed by atoms with Gasteiger partial charge in [-0.3, -0.25) is 9.88 Å². The van der Waals surface area contributed by atoms with Crippen molar-refractivity contribution in [3.63, 3.8) is 0 Å². The monoisotopic (exact) mass is 259 g/mol. The van der Waals surface area contributed by atoms with Crippen molar-refractivity contribution in [2.45, 2.75) is 19.5 Å². The van der Waals surface area contributed by atoms with Crippen LogP contribution in [0.15, 0.2) is 30.5 Å². The van der Waals surface area contributed by atoms with Crippen molar-refractivity contribution in [3.05, 3.63) is 41.8 Å². The molecule has 2 heterocycles. The molecule has 3 nitrogen and oxygen atoms in total. The Morgan fingerprint density at radius 2 is 2.32 bits per heavy atom. The van der Waals surface area contributed by atoms with Gasteiger partial charge in [0.25, 0.3) is 0 Å². The van der Waals surface area contributed by atoms with Gasteiger partial charge < -0.3 is 5.32 Å². The topological polar surface area (TPSA) is 28.2 Å². The third-order valence-corrected chi connectivity index (χ3v) is 3.65. The minimum absolute atomic E-state index is 0.194. The first-order chi connectivity index (χ1) is 9.24. The summed E-state index contributed by atoms with van der Waals surface area (Å²) in [5, 5.41) is 4.04. The lowest BCUT2D eigenvalue weighted by molar-refractivity contribution is 0.200. The van der Waals surface area contributed by atoms with Crippen LogP contribution in [0.5, 0.6) is 0 Å². The van der Waals surface area contributed by atoms with Crippen LogP contribution in [0.2, 0.25) is 0 Å². The van der Waals surface area contributed by atoms with Crippen molar-refractivity contribution < 1.29 is 4.39 Å². The lowest BCUT2D eigenvalue weighted by atomic mass is 10.1. The molecule has 1 aromatic heterocycles. The zero-order chi connectivity index (χ0) is 13.2. The Kier molecular flexibility index (Phi) is 3.44. The smallest absolute Gasteiger partial charge is 0.132 e. The Labute approximate surface area is 112 Å². The third kappa shape index (κ3) is 2.60. The number of nitrogens with zero attached hydrogens (tertiary/aromatic N) is 2. The van der Waals surface area contributed by atoms with Crippen molar-refractivity contribution in [2.75, 3.05) is 19.6 Å². The van der Waals surface area contributed by atoms with E-state index in [2.05, 4.69) is 22.1 Å². The van der Waals surface area contributed by atoms with Crippen LogP contribution in [-0.2, 0) is 6.54 Å². The summed E-state index contributed by atoms with van der Waals surface area (Å²) in [5.74, 6) is -0.194. The number of fused-ring (bicyclic) bond motifs is 1. The normalized spacial score (nSPS) is 20.8. The number of nitrogens with one attached hydrogen (secondary N) is 1. The number of aromatic nitrogens is 1. The van der Waals surface area contributed by atoms with Crippen LogP contribution in [0.1, 0.15) is 12.5 Å². The molecule has 1 saturated heterocycles. The third-order valence-electron chi connectivity index (χ3n) is 3.65. The summed E-state index contributed by atoms with van der Waals surface area (Å²) < 4.78 is 13.7. The second-order valence-corrected chi connectivity index (χ2v) is 5.20. The molecule has 0 saturated carbocycles. The molecule has 0 amide bonds. The second kappa shape index (κ2) is 5.23. The first-order valence-corrected chi connectivity index (χ1v) is 6.72. The van der Waals surface area contributed by atoms with Gasteiger partial charge in [0.1, 0.15) is 5.82 Å². The first-order valence-electron chi connectivity index (χ1n) is 6.72. The van der Waals surface area contributed by atoms with Gasteiger partial charge in [0.15, 0.2) is 0 Å². The van der Waals surface area contributed by atoms with E-state index < -0.39 is 0 Å². The van der Waals surface area contributed by atoms with Gasteiger partial charge in [0.05, 0.1) is 5.52 Å². The fourth-order valence-corrected chi connectivity index (χ4v) is 2.72. The average molecular weight is 259 g/mol. The van der Waals surface area contributed by atoms with Gasteiger partial charge in [0.2, 0.25) is 0 Å².